The van der Waals surface area contributed by atoms with Gasteiger partial charge in [0.1, 0.15) is 0 Å². The van der Waals surface area contributed by atoms with Gasteiger partial charge in [0.2, 0.25) is 0 Å². The van der Waals surface area contributed by atoms with Crippen molar-refractivity contribution in [1.82, 2.24) is 19.5 Å². The molecule has 0 saturated carbocycles. The second-order valence-corrected chi connectivity index (χ2v) is 13.5. The Bertz CT molecular complexity index is 2980. The SMILES string of the molecule is c1ccc(-c2nc(-c3ccccc3)nc(-c3c(-c4ccccc4)cccc3-n3c4cccc5c4c4c6c(cccc6ccc43)-c3ccccc3-5)n2)cc1. The molecule has 0 amide bonds. The molecule has 1 aliphatic carbocycles. The highest BCUT2D eigenvalue weighted by atomic mass is 15.1. The van der Waals surface area contributed by atoms with Gasteiger partial charge in [-0.1, -0.05) is 164 Å². The minimum absolute atomic E-state index is 0.622. The summed E-state index contributed by atoms with van der Waals surface area (Å²) >= 11 is 0. The molecule has 10 aromatic rings. The molecule has 2 aromatic heterocycles. The van der Waals surface area contributed by atoms with Crippen molar-refractivity contribution in [2.45, 2.75) is 0 Å². The highest BCUT2D eigenvalue weighted by Crippen LogP contribution is 2.50. The monoisotopic (exact) mass is 674 g/mol. The summed E-state index contributed by atoms with van der Waals surface area (Å²) in [6, 6.07) is 64.4. The zero-order valence-electron chi connectivity index (χ0n) is 28.6. The van der Waals surface area contributed by atoms with E-state index < -0.39 is 0 Å². The Balaban J connectivity index is 1.30. The predicted molar refractivity (Wildman–Crippen MR) is 218 cm³/mol. The molecule has 0 atom stereocenters. The van der Waals surface area contributed by atoms with Gasteiger partial charge in [-0.15, -0.1) is 0 Å². The van der Waals surface area contributed by atoms with E-state index >= 15 is 0 Å². The summed E-state index contributed by atoms with van der Waals surface area (Å²) in [4.78, 5) is 15.7. The molecule has 0 aliphatic heterocycles. The average molecular weight is 675 g/mol. The molecular weight excluding hydrogens is 645 g/mol. The van der Waals surface area contributed by atoms with E-state index in [9.17, 15) is 0 Å². The van der Waals surface area contributed by atoms with Gasteiger partial charge < -0.3 is 4.57 Å². The average Bonchev–Trinajstić information content (AvgIpc) is 3.52. The fraction of sp³-hybridized carbons (Fsp3) is 0. The van der Waals surface area contributed by atoms with Crippen LogP contribution in [0.4, 0.5) is 0 Å². The zero-order valence-corrected chi connectivity index (χ0v) is 28.6. The van der Waals surface area contributed by atoms with Crippen molar-refractivity contribution in [2.24, 2.45) is 0 Å². The van der Waals surface area contributed by atoms with E-state index in [1.165, 1.54) is 43.8 Å². The molecule has 4 nitrogen and oxygen atoms in total. The molecule has 8 aromatic carbocycles. The van der Waals surface area contributed by atoms with Crippen LogP contribution in [0.15, 0.2) is 182 Å². The van der Waals surface area contributed by atoms with Gasteiger partial charge in [0.05, 0.1) is 22.3 Å². The smallest absolute Gasteiger partial charge is 0.166 e. The number of hydrogen-bond donors (Lipinski definition) is 0. The lowest BCUT2D eigenvalue weighted by Gasteiger charge is -2.19. The molecular formula is C49H30N4. The van der Waals surface area contributed by atoms with Crippen LogP contribution < -0.4 is 0 Å². The lowest BCUT2D eigenvalue weighted by atomic mass is 9.93. The summed E-state index contributed by atoms with van der Waals surface area (Å²) in [5.41, 5.74) is 13.3. The first kappa shape index (κ1) is 29.5. The maximum Gasteiger partial charge on any atom is 0.166 e. The van der Waals surface area contributed by atoms with Crippen molar-refractivity contribution < 1.29 is 0 Å². The van der Waals surface area contributed by atoms with Crippen LogP contribution in [0.5, 0.6) is 0 Å². The molecule has 0 saturated heterocycles. The van der Waals surface area contributed by atoms with E-state index in [0.717, 1.165) is 44.5 Å². The van der Waals surface area contributed by atoms with Gasteiger partial charge in [-0.05, 0) is 62.4 Å². The second kappa shape index (κ2) is 11.7. The standard InChI is InChI=1S/C49H30N4/c1-4-15-31(16-5-1)35-24-13-28-41(45(35)49-51-47(33-17-6-2-7-18-33)50-48(52-49)34-19-8-3-9-20-34)53-40-27-14-26-39-37-23-11-10-22-36(37)38-25-12-21-32-29-30-42(53)46(43(32)38)44(39)40/h1-30H. The van der Waals surface area contributed by atoms with Crippen molar-refractivity contribution in [1.29, 1.82) is 0 Å². The quantitative estimate of drug-likeness (QED) is 0.182. The molecule has 0 unspecified atom stereocenters. The number of nitrogens with zero attached hydrogens (tertiary/aromatic N) is 4. The zero-order chi connectivity index (χ0) is 34.9. The maximum absolute atomic E-state index is 5.30. The van der Waals surface area contributed by atoms with Gasteiger partial charge in [-0.2, -0.15) is 0 Å². The van der Waals surface area contributed by atoms with E-state index in [-0.39, 0.29) is 0 Å². The Morgan fingerprint density at radius 2 is 0.792 bits per heavy atom. The third kappa shape index (κ3) is 4.52. The molecule has 0 radical (unpaired) electrons. The molecule has 2 heterocycles. The van der Waals surface area contributed by atoms with Crippen LogP contribution in [0.3, 0.4) is 0 Å². The Morgan fingerprint density at radius 3 is 1.45 bits per heavy atom. The lowest BCUT2D eigenvalue weighted by molar-refractivity contribution is 1.06. The summed E-state index contributed by atoms with van der Waals surface area (Å²) in [6.45, 7) is 0. The van der Waals surface area contributed by atoms with Crippen LogP contribution >= 0.6 is 0 Å². The molecule has 0 fully saturated rings. The molecule has 0 bridgehead atoms. The van der Waals surface area contributed by atoms with Crippen molar-refractivity contribution in [3.63, 3.8) is 0 Å². The van der Waals surface area contributed by atoms with Gasteiger partial charge in [-0.25, -0.2) is 15.0 Å². The summed E-state index contributed by atoms with van der Waals surface area (Å²) in [5.74, 6) is 1.89. The van der Waals surface area contributed by atoms with Gasteiger partial charge in [0.25, 0.3) is 0 Å². The Labute approximate surface area is 306 Å². The topological polar surface area (TPSA) is 43.6 Å². The molecule has 53 heavy (non-hydrogen) atoms. The van der Waals surface area contributed by atoms with Crippen LogP contribution in [0, 0.1) is 0 Å². The van der Waals surface area contributed by atoms with Crippen LogP contribution in [-0.4, -0.2) is 19.5 Å². The predicted octanol–water partition coefficient (Wildman–Crippen LogP) is 12.4. The maximum atomic E-state index is 5.30. The van der Waals surface area contributed by atoms with Crippen molar-refractivity contribution in [2.75, 3.05) is 0 Å². The van der Waals surface area contributed by atoms with E-state index in [1.807, 2.05) is 36.4 Å². The molecule has 11 rings (SSSR count). The summed E-state index contributed by atoms with van der Waals surface area (Å²) in [6.07, 6.45) is 0. The number of aromatic nitrogens is 4. The summed E-state index contributed by atoms with van der Waals surface area (Å²) in [5, 5.41) is 5.04. The molecule has 0 spiro atoms. The van der Waals surface area contributed by atoms with Crippen molar-refractivity contribution in [3.05, 3.63) is 182 Å². The largest absolute Gasteiger partial charge is 0.308 e. The first-order chi connectivity index (χ1) is 26.3. The van der Waals surface area contributed by atoms with E-state index in [1.54, 1.807) is 0 Å². The first-order valence-electron chi connectivity index (χ1n) is 18.0. The Hall–Kier alpha value is -7.17. The fourth-order valence-electron chi connectivity index (χ4n) is 8.33. The summed E-state index contributed by atoms with van der Waals surface area (Å²) in [7, 11) is 0. The van der Waals surface area contributed by atoms with Gasteiger partial charge in [0, 0.05) is 21.9 Å². The van der Waals surface area contributed by atoms with Gasteiger partial charge in [-0.3, -0.25) is 0 Å². The highest BCUT2D eigenvalue weighted by Gasteiger charge is 2.27. The lowest BCUT2D eigenvalue weighted by Crippen LogP contribution is -2.05. The highest BCUT2D eigenvalue weighted by molar-refractivity contribution is 6.30. The van der Waals surface area contributed by atoms with Crippen LogP contribution in [0.2, 0.25) is 0 Å². The first-order valence-corrected chi connectivity index (χ1v) is 18.0. The normalized spacial score (nSPS) is 11.8. The third-order valence-electron chi connectivity index (χ3n) is 10.6. The van der Waals surface area contributed by atoms with Gasteiger partial charge >= 0.3 is 0 Å². The van der Waals surface area contributed by atoms with E-state index in [0.29, 0.717) is 17.5 Å². The van der Waals surface area contributed by atoms with Crippen LogP contribution in [0.1, 0.15) is 0 Å². The van der Waals surface area contributed by atoms with E-state index in [2.05, 4.69) is 150 Å². The number of hydrogen-bond acceptors (Lipinski definition) is 3. The Morgan fingerprint density at radius 1 is 0.302 bits per heavy atom. The van der Waals surface area contributed by atoms with Crippen molar-refractivity contribution >= 4 is 32.6 Å². The van der Waals surface area contributed by atoms with Gasteiger partial charge in [0.15, 0.2) is 17.5 Å². The van der Waals surface area contributed by atoms with Crippen LogP contribution in [0.25, 0.3) is 106 Å². The minimum Gasteiger partial charge on any atom is -0.308 e. The molecule has 1 aliphatic rings. The summed E-state index contributed by atoms with van der Waals surface area (Å²) < 4.78 is 2.44. The van der Waals surface area contributed by atoms with E-state index in [4.69, 9.17) is 15.0 Å². The Kier molecular flexibility index (Phi) is 6.52. The number of rotatable bonds is 5. The third-order valence-corrected chi connectivity index (χ3v) is 10.6. The number of fused-ring (bicyclic) bond motifs is 3. The van der Waals surface area contributed by atoms with Crippen LogP contribution in [-0.2, 0) is 0 Å². The second-order valence-electron chi connectivity index (χ2n) is 13.5. The fourth-order valence-corrected chi connectivity index (χ4v) is 8.33. The molecule has 0 N–H and O–H groups in total. The minimum atomic E-state index is 0.622. The molecule has 246 valence electrons. The number of benzene rings is 8. The molecule has 4 heteroatoms. The van der Waals surface area contributed by atoms with Crippen molar-refractivity contribution in [3.8, 4) is 73.2 Å².